The van der Waals surface area contributed by atoms with Gasteiger partial charge in [-0.1, -0.05) is 13.0 Å². The van der Waals surface area contributed by atoms with Crippen LogP contribution in [0.15, 0.2) is 18.2 Å². The van der Waals surface area contributed by atoms with Crippen LogP contribution in [0.2, 0.25) is 0 Å². The third kappa shape index (κ3) is 2.91. The minimum absolute atomic E-state index is 0.109. The molecule has 1 saturated heterocycles. The Hall–Kier alpha value is -1.22. The minimum atomic E-state index is -0.188. The number of nitrogens with zero attached hydrogens (tertiary/aromatic N) is 1. The van der Waals surface area contributed by atoms with E-state index < -0.39 is 0 Å². The number of carbonyl (C=O) groups excluding carboxylic acids is 1. The molecule has 0 radical (unpaired) electrons. The number of benzene rings is 1. The van der Waals surface area contributed by atoms with Crippen LogP contribution < -0.4 is 0 Å². The average molecular weight is 235 g/mol. The Kier molecular flexibility index (Phi) is 3.57. The summed E-state index contributed by atoms with van der Waals surface area (Å²) in [5.74, 6) is 0.265. The number of carbonyl (C=O) groups is 1. The number of aryl methyl sites for hydroxylation is 1. The van der Waals surface area contributed by atoms with E-state index in [9.17, 15) is 9.18 Å². The zero-order chi connectivity index (χ0) is 12.4. The summed E-state index contributed by atoms with van der Waals surface area (Å²) in [6.45, 7) is 6.27. The van der Waals surface area contributed by atoms with E-state index in [2.05, 4.69) is 4.90 Å². The number of likely N-dealkylation sites (tertiary alicyclic amines) is 1. The second-order valence-corrected chi connectivity index (χ2v) is 4.92. The van der Waals surface area contributed by atoms with Crippen molar-refractivity contribution in [1.29, 1.82) is 0 Å². The maximum Gasteiger partial charge on any atom is 0.138 e. The molecule has 1 fully saturated rings. The normalized spacial score (nSPS) is 21.8. The first-order chi connectivity index (χ1) is 8.06. The number of ketones is 1. The van der Waals surface area contributed by atoms with Crippen molar-refractivity contribution >= 4 is 5.78 Å². The van der Waals surface area contributed by atoms with Gasteiger partial charge >= 0.3 is 0 Å². The molecule has 1 aromatic rings. The lowest BCUT2D eigenvalue weighted by Gasteiger charge is -2.30. The molecule has 1 unspecified atom stereocenters. The second kappa shape index (κ2) is 4.96. The quantitative estimate of drug-likeness (QED) is 0.785. The monoisotopic (exact) mass is 235 g/mol. The number of hydrogen-bond acceptors (Lipinski definition) is 2. The molecular weight excluding hydrogens is 217 g/mol. The summed E-state index contributed by atoms with van der Waals surface area (Å²) >= 11 is 0. The van der Waals surface area contributed by atoms with Gasteiger partial charge in [-0.25, -0.2) is 4.39 Å². The van der Waals surface area contributed by atoms with E-state index in [0.717, 1.165) is 30.8 Å². The molecule has 1 atom stereocenters. The van der Waals surface area contributed by atoms with Gasteiger partial charge in [0.15, 0.2) is 0 Å². The summed E-state index contributed by atoms with van der Waals surface area (Å²) in [6, 6.07) is 4.89. The molecule has 1 aromatic carbocycles. The molecule has 1 heterocycles. The Labute approximate surface area is 101 Å². The summed E-state index contributed by atoms with van der Waals surface area (Å²) in [7, 11) is 0. The lowest BCUT2D eigenvalue weighted by Crippen LogP contribution is -2.39. The highest BCUT2D eigenvalue weighted by atomic mass is 19.1. The molecule has 1 aliphatic rings. The topological polar surface area (TPSA) is 20.3 Å². The van der Waals surface area contributed by atoms with Crippen LogP contribution in [0.5, 0.6) is 0 Å². The van der Waals surface area contributed by atoms with Crippen molar-refractivity contribution in [3.63, 3.8) is 0 Å². The van der Waals surface area contributed by atoms with E-state index in [0.29, 0.717) is 12.2 Å². The van der Waals surface area contributed by atoms with Gasteiger partial charge in [0.1, 0.15) is 11.6 Å². The molecule has 0 bridgehead atoms. The van der Waals surface area contributed by atoms with Crippen molar-refractivity contribution < 1.29 is 9.18 Å². The standard InChI is InChI=1S/C14H18FNO/c1-10-3-4-13(15)7-12(10)9-16-6-5-14(17)11(2)8-16/h3-4,7,11H,5-6,8-9H2,1-2H3. The van der Waals surface area contributed by atoms with Crippen LogP contribution in [0.1, 0.15) is 24.5 Å². The first kappa shape index (κ1) is 12.2. The molecule has 0 amide bonds. The third-order valence-corrected chi connectivity index (χ3v) is 3.46. The fourth-order valence-electron chi connectivity index (χ4n) is 2.29. The summed E-state index contributed by atoms with van der Waals surface area (Å²) in [6.07, 6.45) is 0.621. The van der Waals surface area contributed by atoms with Gasteiger partial charge in [-0.2, -0.15) is 0 Å². The Morgan fingerprint density at radius 3 is 2.94 bits per heavy atom. The molecule has 2 rings (SSSR count). The molecular formula is C14H18FNO. The molecule has 92 valence electrons. The maximum absolute atomic E-state index is 13.2. The van der Waals surface area contributed by atoms with E-state index in [1.807, 2.05) is 19.9 Å². The van der Waals surface area contributed by atoms with Crippen LogP contribution in [0.4, 0.5) is 4.39 Å². The van der Waals surface area contributed by atoms with Gasteiger partial charge in [-0.15, -0.1) is 0 Å². The van der Waals surface area contributed by atoms with Crippen LogP contribution in [0.25, 0.3) is 0 Å². The van der Waals surface area contributed by atoms with Gasteiger partial charge in [0.2, 0.25) is 0 Å². The van der Waals surface area contributed by atoms with Crippen LogP contribution in [0, 0.1) is 18.7 Å². The van der Waals surface area contributed by atoms with Gasteiger partial charge in [0.25, 0.3) is 0 Å². The van der Waals surface area contributed by atoms with Gasteiger partial charge in [-0.05, 0) is 30.2 Å². The zero-order valence-corrected chi connectivity index (χ0v) is 10.4. The van der Waals surface area contributed by atoms with E-state index in [4.69, 9.17) is 0 Å². The van der Waals surface area contributed by atoms with Gasteiger partial charge < -0.3 is 0 Å². The first-order valence-corrected chi connectivity index (χ1v) is 6.06. The highest BCUT2D eigenvalue weighted by Gasteiger charge is 2.23. The first-order valence-electron chi connectivity index (χ1n) is 6.06. The molecule has 2 nitrogen and oxygen atoms in total. The molecule has 0 N–H and O–H groups in total. The van der Waals surface area contributed by atoms with Crippen LogP contribution in [0.3, 0.4) is 0 Å². The molecule has 0 saturated carbocycles. The zero-order valence-electron chi connectivity index (χ0n) is 10.4. The van der Waals surface area contributed by atoms with Crippen molar-refractivity contribution in [3.8, 4) is 0 Å². The average Bonchev–Trinajstić information content (AvgIpc) is 2.29. The van der Waals surface area contributed by atoms with E-state index in [1.54, 1.807) is 6.07 Å². The van der Waals surface area contributed by atoms with Crippen LogP contribution in [-0.2, 0) is 11.3 Å². The molecule has 0 aliphatic carbocycles. The largest absolute Gasteiger partial charge is 0.299 e. The SMILES string of the molecule is Cc1ccc(F)cc1CN1CCC(=O)C(C)C1. The minimum Gasteiger partial charge on any atom is -0.299 e. The number of Topliss-reactive ketones (excluding diaryl/α,β-unsaturated/α-hetero) is 1. The molecule has 0 spiro atoms. The van der Waals surface area contributed by atoms with E-state index in [1.165, 1.54) is 6.07 Å². The van der Waals surface area contributed by atoms with E-state index >= 15 is 0 Å². The summed E-state index contributed by atoms with van der Waals surface area (Å²) < 4.78 is 13.2. The summed E-state index contributed by atoms with van der Waals surface area (Å²) in [5.41, 5.74) is 2.13. The third-order valence-electron chi connectivity index (χ3n) is 3.46. The van der Waals surface area contributed by atoms with Crippen molar-refractivity contribution in [1.82, 2.24) is 4.90 Å². The Bertz CT molecular complexity index is 430. The summed E-state index contributed by atoms with van der Waals surface area (Å²) in [5, 5.41) is 0. The number of halogens is 1. The Morgan fingerprint density at radius 1 is 1.47 bits per heavy atom. The van der Waals surface area contributed by atoms with Crippen LogP contribution in [-0.4, -0.2) is 23.8 Å². The number of rotatable bonds is 2. The number of piperidine rings is 1. The van der Waals surface area contributed by atoms with Gasteiger partial charge in [0, 0.05) is 32.0 Å². The lowest BCUT2D eigenvalue weighted by molar-refractivity contribution is -0.125. The van der Waals surface area contributed by atoms with Crippen molar-refractivity contribution in [3.05, 3.63) is 35.1 Å². The molecule has 1 aliphatic heterocycles. The fraction of sp³-hybridized carbons (Fsp3) is 0.500. The highest BCUT2D eigenvalue weighted by molar-refractivity contribution is 5.81. The lowest BCUT2D eigenvalue weighted by atomic mass is 9.97. The van der Waals surface area contributed by atoms with Gasteiger partial charge in [-0.3, -0.25) is 9.69 Å². The maximum atomic E-state index is 13.2. The van der Waals surface area contributed by atoms with Crippen molar-refractivity contribution in [2.75, 3.05) is 13.1 Å². The fourth-order valence-corrected chi connectivity index (χ4v) is 2.29. The molecule has 0 aromatic heterocycles. The summed E-state index contributed by atoms with van der Waals surface area (Å²) in [4.78, 5) is 13.7. The highest BCUT2D eigenvalue weighted by Crippen LogP contribution is 2.18. The molecule has 17 heavy (non-hydrogen) atoms. The van der Waals surface area contributed by atoms with Gasteiger partial charge in [0.05, 0.1) is 0 Å². The number of hydrogen-bond donors (Lipinski definition) is 0. The van der Waals surface area contributed by atoms with Crippen molar-refractivity contribution in [2.45, 2.75) is 26.8 Å². The predicted molar refractivity (Wildman–Crippen MR) is 65.2 cm³/mol. The Morgan fingerprint density at radius 2 is 2.24 bits per heavy atom. The predicted octanol–water partition coefficient (Wildman–Crippen LogP) is 2.55. The van der Waals surface area contributed by atoms with Crippen LogP contribution >= 0.6 is 0 Å². The Balaban J connectivity index is 2.06. The smallest absolute Gasteiger partial charge is 0.138 e. The molecule has 3 heteroatoms. The van der Waals surface area contributed by atoms with E-state index in [-0.39, 0.29) is 11.7 Å². The second-order valence-electron chi connectivity index (χ2n) is 4.92. The van der Waals surface area contributed by atoms with Crippen molar-refractivity contribution in [2.24, 2.45) is 5.92 Å².